The molecule has 0 bridgehead atoms. The predicted molar refractivity (Wildman–Crippen MR) is 125 cm³/mol. The molecule has 29 heavy (non-hydrogen) atoms. The van der Waals surface area contributed by atoms with Gasteiger partial charge in [0.15, 0.2) is 0 Å². The highest BCUT2D eigenvalue weighted by Crippen LogP contribution is 2.19. The van der Waals surface area contributed by atoms with Crippen molar-refractivity contribution in [2.75, 3.05) is 13.6 Å². The van der Waals surface area contributed by atoms with Gasteiger partial charge in [0.1, 0.15) is 0 Å². The van der Waals surface area contributed by atoms with Crippen LogP contribution >= 0.6 is 12.6 Å². The number of carbonyl (C=O) groups is 2. The summed E-state index contributed by atoms with van der Waals surface area (Å²) in [6, 6.07) is 7.44. The van der Waals surface area contributed by atoms with E-state index in [0.29, 0.717) is 13.0 Å². The van der Waals surface area contributed by atoms with E-state index in [1.54, 1.807) is 18.0 Å². The van der Waals surface area contributed by atoms with Gasteiger partial charge in [-0.1, -0.05) is 69.9 Å². The first-order valence-electron chi connectivity index (χ1n) is 10.2. The van der Waals surface area contributed by atoms with Gasteiger partial charge in [-0.15, -0.1) is 12.6 Å². The highest BCUT2D eigenvalue weighted by atomic mass is 32.1. The molecule has 0 fully saturated rings. The molecule has 0 aliphatic rings. The lowest BCUT2D eigenvalue weighted by Crippen LogP contribution is -2.27. The summed E-state index contributed by atoms with van der Waals surface area (Å²) in [7, 11) is 1.80. The highest BCUT2D eigenvalue weighted by molar-refractivity contribution is 7.84. The van der Waals surface area contributed by atoms with Crippen molar-refractivity contribution in [3.8, 4) is 0 Å². The van der Waals surface area contributed by atoms with E-state index >= 15 is 0 Å². The summed E-state index contributed by atoms with van der Waals surface area (Å²) < 4.78 is 0. The molecule has 0 spiro atoms. The summed E-state index contributed by atoms with van der Waals surface area (Å²) in [5.41, 5.74) is 2.52. The fourth-order valence-electron chi connectivity index (χ4n) is 2.88. The first-order chi connectivity index (χ1) is 13.8. The summed E-state index contributed by atoms with van der Waals surface area (Å²) in [5, 5.41) is 8.67. The lowest BCUT2D eigenvalue weighted by Gasteiger charge is -2.17. The first-order valence-corrected chi connectivity index (χ1v) is 10.6. The van der Waals surface area contributed by atoms with Crippen LogP contribution in [0.25, 0.3) is 11.6 Å². The van der Waals surface area contributed by atoms with Crippen molar-refractivity contribution >= 4 is 36.2 Å². The lowest BCUT2D eigenvalue weighted by atomic mass is 10.0. The zero-order valence-corrected chi connectivity index (χ0v) is 18.5. The number of allylic oxidation sites excluding steroid dienone is 2. The Bertz CT molecular complexity index is 735. The minimum absolute atomic E-state index is 0.139. The van der Waals surface area contributed by atoms with Gasteiger partial charge in [-0.2, -0.15) is 0 Å². The fourth-order valence-corrected chi connectivity index (χ4v) is 3.25. The molecule has 0 radical (unpaired) electrons. The van der Waals surface area contributed by atoms with E-state index in [-0.39, 0.29) is 5.91 Å². The molecule has 0 aromatic heterocycles. The summed E-state index contributed by atoms with van der Waals surface area (Å²) in [5.74, 6) is -0.836. The number of rotatable bonds is 13. The maximum atomic E-state index is 12.3. The fraction of sp³-hybridized carbons (Fsp3) is 0.417. The first kappa shape index (κ1) is 24.8. The van der Waals surface area contributed by atoms with Crippen molar-refractivity contribution in [1.29, 1.82) is 0 Å². The van der Waals surface area contributed by atoms with Crippen LogP contribution in [0.5, 0.6) is 0 Å². The average Bonchev–Trinajstić information content (AvgIpc) is 2.68. The average molecular weight is 416 g/mol. The van der Waals surface area contributed by atoms with Crippen LogP contribution in [-0.4, -0.2) is 35.5 Å². The Morgan fingerprint density at radius 2 is 1.72 bits per heavy atom. The number of amides is 1. The molecular weight excluding hydrogens is 382 g/mol. The van der Waals surface area contributed by atoms with Gasteiger partial charge in [0.2, 0.25) is 5.91 Å². The molecule has 0 unspecified atom stereocenters. The van der Waals surface area contributed by atoms with Gasteiger partial charge in [-0.25, -0.2) is 4.79 Å². The number of likely N-dealkylation sites (N-methyl/N-ethyl adjacent to an activating group) is 1. The zero-order valence-electron chi connectivity index (χ0n) is 17.6. The van der Waals surface area contributed by atoms with Gasteiger partial charge in [0, 0.05) is 24.4 Å². The van der Waals surface area contributed by atoms with Gasteiger partial charge in [0.05, 0.1) is 6.54 Å². The van der Waals surface area contributed by atoms with Gasteiger partial charge < -0.3 is 10.0 Å². The molecule has 1 aromatic rings. The number of thiol groups is 1. The quantitative estimate of drug-likeness (QED) is 0.185. The van der Waals surface area contributed by atoms with Crippen molar-refractivity contribution in [3.05, 3.63) is 59.0 Å². The number of hydrogen-bond acceptors (Lipinski definition) is 3. The molecule has 0 saturated heterocycles. The SMILES string of the molecule is C=C(/C=C(\S)CN(C)C(=O)CCCCCCCC)c1ccc(/C=C/C(=O)O)cc1. The topological polar surface area (TPSA) is 57.6 Å². The number of nitrogens with zero attached hydrogens (tertiary/aromatic N) is 1. The largest absolute Gasteiger partial charge is 0.478 e. The number of carboxylic acid groups (broad SMARTS) is 1. The van der Waals surface area contributed by atoms with Crippen LogP contribution in [0.2, 0.25) is 0 Å². The monoisotopic (exact) mass is 415 g/mol. The van der Waals surface area contributed by atoms with Crippen LogP contribution in [0.3, 0.4) is 0 Å². The summed E-state index contributed by atoms with van der Waals surface area (Å²) in [4.78, 5) is 25.3. The van der Waals surface area contributed by atoms with Gasteiger partial charge >= 0.3 is 5.97 Å². The van der Waals surface area contributed by atoms with E-state index < -0.39 is 5.97 Å². The van der Waals surface area contributed by atoms with Crippen molar-refractivity contribution in [2.24, 2.45) is 0 Å². The van der Waals surface area contributed by atoms with Crippen molar-refractivity contribution in [1.82, 2.24) is 4.90 Å². The molecule has 1 rings (SSSR count). The minimum Gasteiger partial charge on any atom is -0.478 e. The number of hydrogen-bond donors (Lipinski definition) is 2. The third-order valence-electron chi connectivity index (χ3n) is 4.61. The summed E-state index contributed by atoms with van der Waals surface area (Å²) in [6.45, 7) is 6.72. The van der Waals surface area contributed by atoms with Crippen LogP contribution < -0.4 is 0 Å². The van der Waals surface area contributed by atoms with Crippen LogP contribution in [0, 0.1) is 0 Å². The number of carbonyl (C=O) groups excluding carboxylic acids is 1. The van der Waals surface area contributed by atoms with Crippen molar-refractivity contribution < 1.29 is 14.7 Å². The van der Waals surface area contributed by atoms with Crippen molar-refractivity contribution in [3.63, 3.8) is 0 Å². The van der Waals surface area contributed by atoms with E-state index in [1.165, 1.54) is 25.7 Å². The Kier molecular flexibility index (Phi) is 11.8. The minimum atomic E-state index is -0.976. The zero-order chi connectivity index (χ0) is 21.6. The Morgan fingerprint density at radius 1 is 1.10 bits per heavy atom. The molecule has 0 atom stereocenters. The summed E-state index contributed by atoms with van der Waals surface area (Å²) >= 11 is 4.51. The molecule has 4 nitrogen and oxygen atoms in total. The molecule has 0 heterocycles. The third kappa shape index (κ3) is 10.7. The van der Waals surface area contributed by atoms with Crippen LogP contribution in [0.4, 0.5) is 0 Å². The second-order valence-electron chi connectivity index (χ2n) is 7.22. The normalized spacial score (nSPS) is 11.6. The second-order valence-corrected chi connectivity index (χ2v) is 7.80. The number of aliphatic carboxylic acids is 1. The van der Waals surface area contributed by atoms with Crippen molar-refractivity contribution in [2.45, 2.75) is 51.9 Å². The Labute approximate surface area is 180 Å². The van der Waals surface area contributed by atoms with E-state index in [0.717, 1.165) is 40.5 Å². The van der Waals surface area contributed by atoms with Gasteiger partial charge in [-0.3, -0.25) is 4.79 Å². The maximum absolute atomic E-state index is 12.3. The molecular formula is C24H33NO3S. The van der Waals surface area contributed by atoms with Crippen LogP contribution in [0.15, 0.2) is 47.9 Å². The Hall–Kier alpha value is -2.27. The molecule has 5 heteroatoms. The van der Waals surface area contributed by atoms with E-state index in [4.69, 9.17) is 5.11 Å². The maximum Gasteiger partial charge on any atom is 0.328 e. The lowest BCUT2D eigenvalue weighted by molar-refractivity contribution is -0.131. The Balaban J connectivity index is 2.49. The predicted octanol–water partition coefficient (Wildman–Crippen LogP) is 5.82. The molecule has 1 aromatic carbocycles. The molecule has 1 amide bonds. The molecule has 0 aliphatic carbocycles. The second kappa shape index (κ2) is 13.8. The number of benzene rings is 1. The van der Waals surface area contributed by atoms with Crippen LogP contribution in [0.1, 0.15) is 63.0 Å². The van der Waals surface area contributed by atoms with E-state index in [9.17, 15) is 9.59 Å². The van der Waals surface area contributed by atoms with E-state index in [1.807, 2.05) is 30.3 Å². The van der Waals surface area contributed by atoms with E-state index in [2.05, 4.69) is 26.1 Å². The smallest absolute Gasteiger partial charge is 0.328 e. The molecule has 158 valence electrons. The highest BCUT2D eigenvalue weighted by Gasteiger charge is 2.09. The van der Waals surface area contributed by atoms with Gasteiger partial charge in [0.25, 0.3) is 0 Å². The number of carboxylic acids is 1. The standard InChI is InChI=1S/C24H33NO3S/c1-4-5-6-7-8-9-10-23(26)25(3)18-22(29)17-19(2)21-14-11-20(12-15-21)13-16-24(27)28/h11-17,29H,2,4-10,18H2,1,3H3,(H,27,28)/b16-13+,22-17-. The molecule has 0 saturated carbocycles. The summed E-state index contributed by atoms with van der Waals surface area (Å²) in [6.07, 6.45) is 12.1. The molecule has 0 aliphatic heterocycles. The number of unbranched alkanes of at least 4 members (excludes halogenated alkanes) is 5. The Morgan fingerprint density at radius 3 is 2.34 bits per heavy atom. The third-order valence-corrected chi connectivity index (χ3v) is 4.88. The van der Waals surface area contributed by atoms with Gasteiger partial charge in [-0.05, 0) is 35.3 Å². The molecule has 1 N–H and O–H groups in total. The van der Waals surface area contributed by atoms with Crippen LogP contribution in [-0.2, 0) is 9.59 Å².